The summed E-state index contributed by atoms with van der Waals surface area (Å²) in [6, 6.07) is 6.09. The summed E-state index contributed by atoms with van der Waals surface area (Å²) in [6.45, 7) is -0.0320. The Kier molecular flexibility index (Phi) is 4.38. The number of carbonyl (C=O) groups excluding carboxylic acids is 2. The highest BCUT2D eigenvalue weighted by Gasteiger charge is 2.17. The second-order valence-corrected chi connectivity index (χ2v) is 5.05. The van der Waals surface area contributed by atoms with Crippen LogP contribution in [0.5, 0.6) is 0 Å². The van der Waals surface area contributed by atoms with Gasteiger partial charge in [0, 0.05) is 18.7 Å². The SMILES string of the molecule is COC(=O)c1cc(C(=O)NCc2ccc(F)c(F)c2)nc2ccnn12. The topological polar surface area (TPSA) is 85.6 Å². The Morgan fingerprint density at radius 2 is 2.00 bits per heavy atom. The van der Waals surface area contributed by atoms with E-state index in [1.165, 1.54) is 36.0 Å². The lowest BCUT2D eigenvalue weighted by atomic mass is 10.2. The number of halogens is 2. The first-order chi connectivity index (χ1) is 12.0. The Morgan fingerprint density at radius 1 is 1.20 bits per heavy atom. The van der Waals surface area contributed by atoms with E-state index in [1.807, 2.05) is 0 Å². The molecule has 0 saturated carbocycles. The molecule has 128 valence electrons. The van der Waals surface area contributed by atoms with E-state index in [-0.39, 0.29) is 17.9 Å². The second-order valence-electron chi connectivity index (χ2n) is 5.05. The minimum absolute atomic E-state index is 0.0315. The van der Waals surface area contributed by atoms with Crippen molar-refractivity contribution in [2.45, 2.75) is 6.54 Å². The number of benzene rings is 1. The Morgan fingerprint density at radius 3 is 2.72 bits per heavy atom. The number of hydrogen-bond donors (Lipinski definition) is 1. The van der Waals surface area contributed by atoms with Gasteiger partial charge in [0.1, 0.15) is 5.69 Å². The molecular formula is C16H12F2N4O3. The maximum Gasteiger partial charge on any atom is 0.356 e. The van der Waals surface area contributed by atoms with Crippen LogP contribution in [0.1, 0.15) is 26.5 Å². The molecule has 0 radical (unpaired) electrons. The number of carbonyl (C=O) groups is 2. The lowest BCUT2D eigenvalue weighted by Gasteiger charge is -2.08. The number of esters is 1. The lowest BCUT2D eigenvalue weighted by Crippen LogP contribution is -2.25. The van der Waals surface area contributed by atoms with Crippen molar-refractivity contribution in [2.75, 3.05) is 7.11 Å². The number of nitrogens with zero attached hydrogens (tertiary/aromatic N) is 3. The Bertz CT molecular complexity index is 971. The fraction of sp³-hybridized carbons (Fsp3) is 0.125. The summed E-state index contributed by atoms with van der Waals surface area (Å²) in [5.74, 6) is -3.23. The van der Waals surface area contributed by atoms with Crippen molar-refractivity contribution in [1.29, 1.82) is 0 Å². The third kappa shape index (κ3) is 3.30. The van der Waals surface area contributed by atoms with Crippen LogP contribution in [-0.4, -0.2) is 33.6 Å². The van der Waals surface area contributed by atoms with Gasteiger partial charge >= 0.3 is 5.97 Å². The van der Waals surface area contributed by atoms with Gasteiger partial charge in [-0.25, -0.2) is 23.1 Å². The molecular weight excluding hydrogens is 334 g/mol. The van der Waals surface area contributed by atoms with E-state index in [0.717, 1.165) is 12.1 Å². The summed E-state index contributed by atoms with van der Waals surface area (Å²) >= 11 is 0. The number of rotatable bonds is 4. The fourth-order valence-corrected chi connectivity index (χ4v) is 2.20. The van der Waals surface area contributed by atoms with Gasteiger partial charge in [-0.3, -0.25) is 4.79 Å². The molecule has 1 aromatic carbocycles. The summed E-state index contributed by atoms with van der Waals surface area (Å²) in [7, 11) is 1.21. The minimum Gasteiger partial charge on any atom is -0.464 e. The summed E-state index contributed by atoms with van der Waals surface area (Å²) in [5, 5.41) is 6.47. The van der Waals surface area contributed by atoms with E-state index in [2.05, 4.69) is 20.1 Å². The van der Waals surface area contributed by atoms with Crippen molar-refractivity contribution in [3.63, 3.8) is 0 Å². The molecule has 1 amide bonds. The molecule has 0 unspecified atom stereocenters. The van der Waals surface area contributed by atoms with Gasteiger partial charge in [-0.05, 0) is 17.7 Å². The number of nitrogens with one attached hydrogen (secondary N) is 1. The van der Waals surface area contributed by atoms with Gasteiger partial charge in [0.05, 0.1) is 13.3 Å². The predicted molar refractivity (Wildman–Crippen MR) is 81.9 cm³/mol. The van der Waals surface area contributed by atoms with Gasteiger partial charge in [-0.1, -0.05) is 6.07 Å². The molecule has 0 aliphatic carbocycles. The van der Waals surface area contributed by atoms with E-state index >= 15 is 0 Å². The van der Waals surface area contributed by atoms with Gasteiger partial charge in [0.25, 0.3) is 5.91 Å². The molecule has 9 heteroatoms. The quantitative estimate of drug-likeness (QED) is 0.727. The summed E-state index contributed by atoms with van der Waals surface area (Å²) in [6.07, 6.45) is 1.43. The number of fused-ring (bicyclic) bond motifs is 1. The van der Waals surface area contributed by atoms with Crippen molar-refractivity contribution in [2.24, 2.45) is 0 Å². The molecule has 3 aromatic rings. The average molecular weight is 346 g/mol. The van der Waals surface area contributed by atoms with Crippen LogP contribution < -0.4 is 5.32 Å². The molecule has 1 N–H and O–H groups in total. The third-order valence-corrected chi connectivity index (χ3v) is 3.42. The standard InChI is InChI=1S/C16H12F2N4O3/c1-25-16(24)13-7-12(21-14-4-5-20-22(13)14)15(23)19-8-9-2-3-10(17)11(18)6-9/h2-7H,8H2,1H3,(H,19,23). The summed E-state index contributed by atoms with van der Waals surface area (Å²) in [4.78, 5) is 28.2. The summed E-state index contributed by atoms with van der Waals surface area (Å²) < 4.78 is 32.0. The second kappa shape index (κ2) is 6.63. The molecule has 2 aromatic heterocycles. The Hall–Kier alpha value is -3.36. The first-order valence-electron chi connectivity index (χ1n) is 7.15. The normalized spacial score (nSPS) is 10.7. The first-order valence-corrected chi connectivity index (χ1v) is 7.15. The van der Waals surface area contributed by atoms with Gasteiger partial charge in [-0.2, -0.15) is 5.10 Å². The molecule has 0 aliphatic rings. The zero-order chi connectivity index (χ0) is 18.0. The van der Waals surface area contributed by atoms with Crippen LogP contribution in [0.2, 0.25) is 0 Å². The molecule has 0 atom stereocenters. The molecule has 0 bridgehead atoms. The van der Waals surface area contributed by atoms with Crippen molar-refractivity contribution >= 4 is 17.5 Å². The van der Waals surface area contributed by atoms with E-state index in [9.17, 15) is 18.4 Å². The van der Waals surface area contributed by atoms with Crippen molar-refractivity contribution < 1.29 is 23.1 Å². The smallest absolute Gasteiger partial charge is 0.356 e. The van der Waals surface area contributed by atoms with Gasteiger partial charge in [-0.15, -0.1) is 0 Å². The molecule has 2 heterocycles. The molecule has 7 nitrogen and oxygen atoms in total. The fourth-order valence-electron chi connectivity index (χ4n) is 2.20. The van der Waals surface area contributed by atoms with E-state index in [0.29, 0.717) is 11.2 Å². The Balaban J connectivity index is 1.84. The molecule has 3 rings (SSSR count). The highest BCUT2D eigenvalue weighted by Crippen LogP contribution is 2.11. The van der Waals surface area contributed by atoms with Crippen LogP contribution in [0, 0.1) is 11.6 Å². The van der Waals surface area contributed by atoms with Gasteiger partial charge in [0.15, 0.2) is 23.0 Å². The van der Waals surface area contributed by atoms with Crippen molar-refractivity contribution in [3.05, 3.63) is 65.1 Å². The first kappa shape index (κ1) is 16.5. The van der Waals surface area contributed by atoms with Crippen molar-refractivity contribution in [1.82, 2.24) is 19.9 Å². The van der Waals surface area contributed by atoms with E-state index in [4.69, 9.17) is 0 Å². The van der Waals surface area contributed by atoms with E-state index in [1.54, 1.807) is 0 Å². The molecule has 0 saturated heterocycles. The molecule has 0 aliphatic heterocycles. The van der Waals surface area contributed by atoms with Crippen molar-refractivity contribution in [3.8, 4) is 0 Å². The maximum absolute atomic E-state index is 13.2. The number of methoxy groups -OCH3 is 1. The average Bonchev–Trinajstić information content (AvgIpc) is 3.09. The Labute approximate surface area is 140 Å². The van der Waals surface area contributed by atoms with E-state index < -0.39 is 23.5 Å². The van der Waals surface area contributed by atoms with Crippen LogP contribution in [0.4, 0.5) is 8.78 Å². The number of aromatic nitrogens is 3. The third-order valence-electron chi connectivity index (χ3n) is 3.42. The zero-order valence-corrected chi connectivity index (χ0v) is 13.0. The van der Waals surface area contributed by atoms with Gasteiger partial charge in [0.2, 0.25) is 0 Å². The molecule has 0 spiro atoms. The minimum atomic E-state index is -1.00. The molecule has 25 heavy (non-hydrogen) atoms. The monoisotopic (exact) mass is 346 g/mol. The van der Waals surface area contributed by atoms with Crippen LogP contribution in [0.25, 0.3) is 5.65 Å². The summed E-state index contributed by atoms with van der Waals surface area (Å²) in [5.41, 5.74) is 0.679. The predicted octanol–water partition coefficient (Wildman–Crippen LogP) is 1.72. The zero-order valence-electron chi connectivity index (χ0n) is 13.0. The van der Waals surface area contributed by atoms with Gasteiger partial charge < -0.3 is 10.1 Å². The highest BCUT2D eigenvalue weighted by atomic mass is 19.2. The molecule has 0 fully saturated rings. The van der Waals surface area contributed by atoms with Crippen LogP contribution in [0.3, 0.4) is 0 Å². The largest absolute Gasteiger partial charge is 0.464 e. The highest BCUT2D eigenvalue weighted by molar-refractivity contribution is 5.96. The number of hydrogen-bond acceptors (Lipinski definition) is 5. The lowest BCUT2D eigenvalue weighted by molar-refractivity contribution is 0.0590. The van der Waals surface area contributed by atoms with Crippen LogP contribution >= 0.6 is 0 Å². The van der Waals surface area contributed by atoms with Crippen LogP contribution in [-0.2, 0) is 11.3 Å². The maximum atomic E-state index is 13.2. The number of amides is 1. The van der Waals surface area contributed by atoms with Crippen LogP contribution in [0.15, 0.2) is 36.5 Å². The number of ether oxygens (including phenoxy) is 1.